The molecular weight excluding hydrogens is 370 g/mol. The number of fused-ring (bicyclic) bond motifs is 2. The molecule has 3 rings (SSSR count). The average Bonchev–Trinajstić information content (AvgIpc) is 2.64. The minimum Gasteiger partial charge on any atom is -0.484 e. The van der Waals surface area contributed by atoms with E-state index in [0.717, 1.165) is 5.69 Å². The van der Waals surface area contributed by atoms with E-state index in [1.165, 1.54) is 0 Å². The van der Waals surface area contributed by atoms with Crippen LogP contribution in [0.3, 0.4) is 0 Å². The lowest BCUT2D eigenvalue weighted by atomic mass is 9.97. The largest absolute Gasteiger partial charge is 0.484 e. The molecule has 1 aromatic rings. The van der Waals surface area contributed by atoms with E-state index in [9.17, 15) is 10.1 Å². The Hall–Kier alpha value is -2.95. The number of hydrogen-bond acceptors (Lipinski definition) is 6. The van der Waals surface area contributed by atoms with Gasteiger partial charge < -0.3 is 24.2 Å². The normalized spacial score (nSPS) is 21.1. The van der Waals surface area contributed by atoms with E-state index in [2.05, 4.69) is 16.0 Å². The molecule has 0 saturated carbocycles. The average molecular weight is 399 g/mol. The second-order valence-electron chi connectivity index (χ2n) is 8.68. The molecule has 1 fully saturated rings. The first-order chi connectivity index (χ1) is 13.6. The molecule has 0 N–H and O–H groups in total. The van der Waals surface area contributed by atoms with Gasteiger partial charge in [0.1, 0.15) is 23.3 Å². The summed E-state index contributed by atoms with van der Waals surface area (Å²) in [4.78, 5) is 22.5. The Balaban J connectivity index is 1.86. The Morgan fingerprint density at radius 3 is 2.76 bits per heavy atom. The van der Waals surface area contributed by atoms with E-state index in [-0.39, 0.29) is 18.2 Å². The topological polar surface area (TPSA) is 81.4 Å². The fourth-order valence-corrected chi connectivity index (χ4v) is 3.59. The van der Waals surface area contributed by atoms with Crippen molar-refractivity contribution < 1.29 is 14.3 Å². The zero-order chi connectivity index (χ0) is 21.3. The van der Waals surface area contributed by atoms with Crippen molar-refractivity contribution in [1.29, 1.82) is 5.26 Å². The quantitative estimate of drug-likeness (QED) is 0.562. The fraction of sp³-hybridized carbons (Fsp3) is 0.571. The summed E-state index contributed by atoms with van der Waals surface area (Å²) in [6.07, 6.45) is 1.92. The SMILES string of the molecule is CN(C)C=Nc1ccc2c(c1C#N)O[C@@H]1CCN(C(=O)OC(C)(C)C)C[C@@H]1N2C. The van der Waals surface area contributed by atoms with Gasteiger partial charge in [0.05, 0.1) is 23.8 Å². The van der Waals surface area contributed by atoms with E-state index in [1.54, 1.807) is 11.2 Å². The monoisotopic (exact) mass is 399 g/mol. The van der Waals surface area contributed by atoms with Crippen molar-refractivity contribution in [2.75, 3.05) is 39.1 Å². The lowest BCUT2D eigenvalue weighted by molar-refractivity contribution is 0.00612. The van der Waals surface area contributed by atoms with Crippen LogP contribution in [0.1, 0.15) is 32.8 Å². The van der Waals surface area contributed by atoms with Crippen LogP contribution in [0.15, 0.2) is 17.1 Å². The van der Waals surface area contributed by atoms with Gasteiger partial charge in [0, 0.05) is 40.7 Å². The summed E-state index contributed by atoms with van der Waals surface area (Å²) < 4.78 is 11.8. The third-order valence-electron chi connectivity index (χ3n) is 4.97. The fourth-order valence-electron chi connectivity index (χ4n) is 3.59. The zero-order valence-electron chi connectivity index (χ0n) is 18.0. The third kappa shape index (κ3) is 4.39. The van der Waals surface area contributed by atoms with Crippen molar-refractivity contribution >= 4 is 23.8 Å². The number of carbonyl (C=O) groups excluding carboxylic acids is 1. The van der Waals surface area contributed by atoms with Crippen molar-refractivity contribution in [3.05, 3.63) is 17.7 Å². The summed E-state index contributed by atoms with van der Waals surface area (Å²) in [6, 6.07) is 5.98. The highest BCUT2D eigenvalue weighted by molar-refractivity contribution is 5.77. The Morgan fingerprint density at radius 1 is 1.41 bits per heavy atom. The number of amides is 1. The maximum atomic E-state index is 12.5. The maximum Gasteiger partial charge on any atom is 0.410 e. The highest BCUT2D eigenvalue weighted by Crippen LogP contribution is 2.43. The minimum absolute atomic E-state index is 0.00793. The number of nitrogens with zero attached hydrogens (tertiary/aromatic N) is 5. The van der Waals surface area contributed by atoms with Crippen molar-refractivity contribution in [1.82, 2.24) is 9.80 Å². The van der Waals surface area contributed by atoms with Gasteiger partial charge in [-0.15, -0.1) is 0 Å². The van der Waals surface area contributed by atoms with Gasteiger partial charge in [0.2, 0.25) is 0 Å². The van der Waals surface area contributed by atoms with Crippen molar-refractivity contribution in [2.24, 2.45) is 4.99 Å². The number of aliphatic imine (C=N–C) groups is 1. The molecule has 0 aliphatic carbocycles. The molecule has 156 valence electrons. The second kappa shape index (κ2) is 7.82. The zero-order valence-corrected chi connectivity index (χ0v) is 18.0. The van der Waals surface area contributed by atoms with Gasteiger partial charge in [-0.2, -0.15) is 5.26 Å². The highest BCUT2D eigenvalue weighted by atomic mass is 16.6. The smallest absolute Gasteiger partial charge is 0.410 e. The first-order valence-corrected chi connectivity index (χ1v) is 9.76. The van der Waals surface area contributed by atoms with Gasteiger partial charge >= 0.3 is 6.09 Å². The molecule has 2 aliphatic heterocycles. The third-order valence-corrected chi connectivity index (χ3v) is 4.97. The van der Waals surface area contributed by atoms with Gasteiger partial charge in [-0.1, -0.05) is 0 Å². The molecular formula is C21H29N5O3. The summed E-state index contributed by atoms with van der Waals surface area (Å²) in [5.41, 5.74) is 1.32. The van der Waals surface area contributed by atoms with Gasteiger partial charge in [0.25, 0.3) is 0 Å². The van der Waals surface area contributed by atoms with Crippen LogP contribution in [0, 0.1) is 11.3 Å². The van der Waals surface area contributed by atoms with Crippen LogP contribution in [0.25, 0.3) is 0 Å². The summed E-state index contributed by atoms with van der Waals surface area (Å²) >= 11 is 0. The molecule has 2 atom stereocenters. The summed E-state index contributed by atoms with van der Waals surface area (Å²) in [5.74, 6) is 0.565. The predicted molar refractivity (Wildman–Crippen MR) is 112 cm³/mol. The molecule has 29 heavy (non-hydrogen) atoms. The van der Waals surface area contributed by atoms with Crippen LogP contribution in [-0.4, -0.2) is 74.2 Å². The molecule has 1 amide bonds. The highest BCUT2D eigenvalue weighted by Gasteiger charge is 2.41. The molecule has 8 heteroatoms. The van der Waals surface area contributed by atoms with Crippen molar-refractivity contribution in [3.8, 4) is 11.8 Å². The minimum atomic E-state index is -0.527. The molecule has 0 spiro atoms. The van der Waals surface area contributed by atoms with Gasteiger partial charge in [0.15, 0.2) is 5.75 Å². The predicted octanol–water partition coefficient (Wildman–Crippen LogP) is 2.99. The summed E-state index contributed by atoms with van der Waals surface area (Å²) in [5, 5.41) is 9.74. The van der Waals surface area contributed by atoms with Crippen LogP contribution >= 0.6 is 0 Å². The number of benzene rings is 1. The number of likely N-dealkylation sites (tertiary alicyclic amines) is 1. The lowest BCUT2D eigenvalue weighted by Crippen LogP contribution is -2.59. The molecule has 8 nitrogen and oxygen atoms in total. The first kappa shape index (κ1) is 20.8. The van der Waals surface area contributed by atoms with Crippen LogP contribution < -0.4 is 9.64 Å². The molecule has 0 unspecified atom stereocenters. The molecule has 0 aromatic heterocycles. The van der Waals surface area contributed by atoms with E-state index in [4.69, 9.17) is 9.47 Å². The Bertz CT molecular complexity index is 853. The first-order valence-electron chi connectivity index (χ1n) is 9.76. The van der Waals surface area contributed by atoms with E-state index >= 15 is 0 Å². The maximum absolute atomic E-state index is 12.5. The molecule has 0 radical (unpaired) electrons. The summed E-state index contributed by atoms with van der Waals surface area (Å²) in [6.45, 7) is 6.66. The van der Waals surface area contributed by atoms with Gasteiger partial charge in [-0.05, 0) is 32.9 Å². The Kier molecular flexibility index (Phi) is 5.60. The van der Waals surface area contributed by atoms with Crippen LogP contribution in [0.2, 0.25) is 0 Å². The number of piperidine rings is 1. The van der Waals surface area contributed by atoms with Crippen molar-refractivity contribution in [2.45, 2.75) is 44.9 Å². The number of anilines is 1. The molecule has 1 aromatic carbocycles. The lowest BCUT2D eigenvalue weighted by Gasteiger charge is -2.47. The second-order valence-corrected chi connectivity index (χ2v) is 8.68. The van der Waals surface area contributed by atoms with Crippen LogP contribution in [0.4, 0.5) is 16.2 Å². The number of nitriles is 1. The molecule has 1 saturated heterocycles. The Morgan fingerprint density at radius 2 is 2.14 bits per heavy atom. The summed E-state index contributed by atoms with van der Waals surface area (Å²) in [7, 11) is 5.73. The number of hydrogen-bond donors (Lipinski definition) is 0. The molecule has 2 aliphatic rings. The number of ether oxygens (including phenoxy) is 2. The number of rotatable bonds is 2. The molecule has 0 bridgehead atoms. The van der Waals surface area contributed by atoms with E-state index in [1.807, 2.05) is 58.9 Å². The van der Waals surface area contributed by atoms with Gasteiger partial charge in [-0.25, -0.2) is 9.79 Å². The number of likely N-dealkylation sites (N-methyl/N-ethyl adjacent to an activating group) is 1. The number of carbonyl (C=O) groups is 1. The van der Waals surface area contributed by atoms with Crippen molar-refractivity contribution in [3.63, 3.8) is 0 Å². The molecule has 2 heterocycles. The van der Waals surface area contributed by atoms with E-state index in [0.29, 0.717) is 36.5 Å². The Labute approximate surface area is 172 Å². The van der Waals surface area contributed by atoms with Crippen LogP contribution in [0.5, 0.6) is 5.75 Å². The van der Waals surface area contributed by atoms with Gasteiger partial charge in [-0.3, -0.25) is 0 Å². The standard InChI is InChI=1S/C21H29N5O3/c1-21(2,3)29-20(27)26-10-9-18-17(12-26)25(6)16-8-7-15(23-13-24(4)5)14(11-22)19(16)28-18/h7-8,13,17-18H,9-10,12H2,1-6H3/t17-,18+/m0/s1. The van der Waals surface area contributed by atoms with Crippen LogP contribution in [-0.2, 0) is 4.74 Å². The van der Waals surface area contributed by atoms with E-state index < -0.39 is 5.60 Å².